The van der Waals surface area contributed by atoms with Crippen molar-refractivity contribution in [3.05, 3.63) is 24.0 Å². The zero-order chi connectivity index (χ0) is 15.3. The lowest BCUT2D eigenvalue weighted by Gasteiger charge is -2.17. The number of nitrogens with one attached hydrogen (secondary N) is 1. The van der Waals surface area contributed by atoms with Crippen molar-refractivity contribution in [2.45, 2.75) is 20.8 Å². The van der Waals surface area contributed by atoms with E-state index >= 15 is 0 Å². The van der Waals surface area contributed by atoms with Crippen molar-refractivity contribution < 1.29 is 23.8 Å². The first-order chi connectivity index (χ1) is 9.36. The Hall–Kier alpha value is -2.11. The summed E-state index contributed by atoms with van der Waals surface area (Å²) in [7, 11) is 0. The molecule has 2 N–H and O–H groups in total. The molecule has 5 nitrogen and oxygen atoms in total. The van der Waals surface area contributed by atoms with E-state index in [0.29, 0.717) is 12.3 Å². The van der Waals surface area contributed by atoms with Gasteiger partial charge in [0.25, 0.3) is 0 Å². The van der Waals surface area contributed by atoms with Gasteiger partial charge in [-0.3, -0.25) is 9.59 Å². The van der Waals surface area contributed by atoms with Crippen molar-refractivity contribution in [1.29, 1.82) is 0 Å². The van der Waals surface area contributed by atoms with Crippen LogP contribution in [0.5, 0.6) is 5.75 Å². The van der Waals surface area contributed by atoms with E-state index in [1.165, 1.54) is 32.0 Å². The van der Waals surface area contributed by atoms with Gasteiger partial charge in [0.05, 0.1) is 18.2 Å². The average molecular weight is 283 g/mol. The van der Waals surface area contributed by atoms with Gasteiger partial charge in [0.1, 0.15) is 11.6 Å². The Morgan fingerprint density at radius 2 is 2.00 bits per heavy atom. The Balaban J connectivity index is 2.87. The molecule has 110 valence electrons. The number of carbonyl (C=O) groups excluding carboxylic acids is 1. The average Bonchev–Trinajstić information content (AvgIpc) is 2.40. The van der Waals surface area contributed by atoms with Gasteiger partial charge in [0.2, 0.25) is 5.91 Å². The van der Waals surface area contributed by atoms with Gasteiger partial charge in [-0.25, -0.2) is 4.39 Å². The number of carboxylic acids is 1. The predicted octanol–water partition coefficient (Wildman–Crippen LogP) is 2.52. The first-order valence-electron chi connectivity index (χ1n) is 6.32. The minimum Gasteiger partial charge on any atom is -0.492 e. The molecule has 1 amide bonds. The fourth-order valence-corrected chi connectivity index (χ4v) is 1.56. The predicted molar refractivity (Wildman–Crippen MR) is 72.2 cm³/mol. The second-order valence-electron chi connectivity index (χ2n) is 4.48. The van der Waals surface area contributed by atoms with E-state index in [2.05, 4.69) is 5.32 Å². The highest BCUT2D eigenvalue weighted by Gasteiger charge is 2.26. The first-order valence-corrected chi connectivity index (χ1v) is 6.32. The number of rotatable bonds is 6. The quantitative estimate of drug-likeness (QED) is 0.841. The van der Waals surface area contributed by atoms with Crippen LogP contribution >= 0.6 is 0 Å². The summed E-state index contributed by atoms with van der Waals surface area (Å²) in [6, 6.07) is 3.75. The molecule has 1 aromatic carbocycles. The summed E-state index contributed by atoms with van der Waals surface area (Å²) in [5.74, 6) is -3.28. The molecule has 0 spiro atoms. The molecule has 0 saturated heterocycles. The smallest absolute Gasteiger partial charge is 0.307 e. The number of hydrogen-bond donors (Lipinski definition) is 2. The van der Waals surface area contributed by atoms with Crippen LogP contribution in [-0.2, 0) is 9.59 Å². The summed E-state index contributed by atoms with van der Waals surface area (Å²) in [6.45, 7) is 5.05. The number of carboxylic acid groups (broad SMARTS) is 1. The van der Waals surface area contributed by atoms with Gasteiger partial charge in [0, 0.05) is 12.0 Å². The van der Waals surface area contributed by atoms with Gasteiger partial charge in [-0.2, -0.15) is 0 Å². The molecule has 0 aromatic heterocycles. The Labute approximate surface area is 116 Å². The first kappa shape index (κ1) is 15.9. The lowest BCUT2D eigenvalue weighted by Crippen LogP contribution is -2.30. The molecule has 2 atom stereocenters. The van der Waals surface area contributed by atoms with E-state index in [9.17, 15) is 14.0 Å². The van der Waals surface area contributed by atoms with E-state index < -0.39 is 29.5 Å². The Kier molecular flexibility index (Phi) is 5.49. The van der Waals surface area contributed by atoms with Crippen molar-refractivity contribution >= 4 is 17.6 Å². The van der Waals surface area contributed by atoms with Crippen molar-refractivity contribution in [3.63, 3.8) is 0 Å². The molecule has 0 fully saturated rings. The van der Waals surface area contributed by atoms with Crippen molar-refractivity contribution in [2.75, 3.05) is 11.9 Å². The number of amides is 1. The Morgan fingerprint density at radius 1 is 1.35 bits per heavy atom. The molecule has 6 heteroatoms. The number of halogens is 1. The van der Waals surface area contributed by atoms with Crippen molar-refractivity contribution in [1.82, 2.24) is 0 Å². The van der Waals surface area contributed by atoms with E-state index in [-0.39, 0.29) is 5.75 Å². The Bertz CT molecular complexity index is 504. The minimum atomic E-state index is -1.04. The molecule has 0 heterocycles. The van der Waals surface area contributed by atoms with Crippen LogP contribution in [0.4, 0.5) is 10.1 Å². The molecule has 0 saturated carbocycles. The van der Waals surface area contributed by atoms with Crippen LogP contribution < -0.4 is 10.1 Å². The molecular weight excluding hydrogens is 265 g/mol. The van der Waals surface area contributed by atoms with Gasteiger partial charge in [-0.15, -0.1) is 0 Å². The lowest BCUT2D eigenvalue weighted by molar-refractivity contribution is -0.145. The van der Waals surface area contributed by atoms with Crippen molar-refractivity contribution in [3.8, 4) is 5.75 Å². The van der Waals surface area contributed by atoms with Crippen LogP contribution in [0.1, 0.15) is 20.8 Å². The number of carbonyl (C=O) groups is 2. The summed E-state index contributed by atoms with van der Waals surface area (Å²) in [6.07, 6.45) is 0. The normalized spacial score (nSPS) is 13.4. The topological polar surface area (TPSA) is 75.6 Å². The zero-order valence-electron chi connectivity index (χ0n) is 11.6. The molecule has 0 aliphatic carbocycles. The van der Waals surface area contributed by atoms with Crippen LogP contribution in [0.3, 0.4) is 0 Å². The van der Waals surface area contributed by atoms with E-state index in [0.717, 1.165) is 0 Å². The fraction of sp³-hybridized carbons (Fsp3) is 0.429. The van der Waals surface area contributed by atoms with E-state index in [1.54, 1.807) is 6.92 Å². The number of benzene rings is 1. The maximum Gasteiger partial charge on any atom is 0.307 e. The summed E-state index contributed by atoms with van der Waals surface area (Å²) < 4.78 is 18.4. The van der Waals surface area contributed by atoms with Gasteiger partial charge in [-0.1, -0.05) is 13.8 Å². The molecule has 0 bridgehead atoms. The van der Waals surface area contributed by atoms with Crippen LogP contribution in [-0.4, -0.2) is 23.6 Å². The molecule has 0 aliphatic heterocycles. The number of anilines is 1. The number of ether oxygens (including phenoxy) is 1. The van der Waals surface area contributed by atoms with Gasteiger partial charge in [-0.05, 0) is 19.1 Å². The Morgan fingerprint density at radius 3 is 2.55 bits per heavy atom. The summed E-state index contributed by atoms with van der Waals surface area (Å²) in [5, 5.41) is 11.5. The third-order valence-corrected chi connectivity index (χ3v) is 3.05. The largest absolute Gasteiger partial charge is 0.492 e. The molecule has 0 radical (unpaired) electrons. The molecule has 0 aliphatic rings. The van der Waals surface area contributed by atoms with E-state index in [1.807, 2.05) is 0 Å². The SMILES string of the molecule is CCOc1cc(F)ccc1NC(=O)C(C)C(C)C(=O)O. The van der Waals surface area contributed by atoms with Crippen LogP contribution in [0, 0.1) is 17.7 Å². The second-order valence-corrected chi connectivity index (χ2v) is 4.48. The van der Waals surface area contributed by atoms with Crippen LogP contribution in [0.25, 0.3) is 0 Å². The highest BCUT2D eigenvalue weighted by Crippen LogP contribution is 2.26. The number of aliphatic carboxylic acids is 1. The summed E-state index contributed by atoms with van der Waals surface area (Å²) in [5.41, 5.74) is 0.322. The molecule has 2 unspecified atom stereocenters. The summed E-state index contributed by atoms with van der Waals surface area (Å²) >= 11 is 0. The fourth-order valence-electron chi connectivity index (χ4n) is 1.56. The van der Waals surface area contributed by atoms with Gasteiger partial charge in [0.15, 0.2) is 0 Å². The molecule has 1 rings (SSSR count). The number of hydrogen-bond acceptors (Lipinski definition) is 3. The second kappa shape index (κ2) is 6.88. The lowest BCUT2D eigenvalue weighted by atomic mass is 9.95. The third kappa shape index (κ3) is 3.94. The van der Waals surface area contributed by atoms with E-state index in [4.69, 9.17) is 9.84 Å². The van der Waals surface area contributed by atoms with Gasteiger partial charge >= 0.3 is 5.97 Å². The highest BCUT2D eigenvalue weighted by atomic mass is 19.1. The van der Waals surface area contributed by atoms with Crippen LogP contribution in [0.2, 0.25) is 0 Å². The molecule has 20 heavy (non-hydrogen) atoms. The van der Waals surface area contributed by atoms with Crippen LogP contribution in [0.15, 0.2) is 18.2 Å². The zero-order valence-corrected chi connectivity index (χ0v) is 11.6. The maximum absolute atomic E-state index is 13.1. The highest BCUT2D eigenvalue weighted by molar-refractivity contribution is 5.95. The van der Waals surface area contributed by atoms with Crippen molar-refractivity contribution in [2.24, 2.45) is 11.8 Å². The third-order valence-electron chi connectivity index (χ3n) is 3.05. The monoisotopic (exact) mass is 283 g/mol. The molecule has 1 aromatic rings. The van der Waals surface area contributed by atoms with Gasteiger partial charge < -0.3 is 15.2 Å². The maximum atomic E-state index is 13.1. The summed E-state index contributed by atoms with van der Waals surface area (Å²) in [4.78, 5) is 22.8. The molecular formula is C14H18FNO4. The standard InChI is InChI=1S/C14H18FNO4/c1-4-20-12-7-10(15)5-6-11(12)16-13(17)8(2)9(3)14(18)19/h5-9H,4H2,1-3H3,(H,16,17)(H,18,19). The minimum absolute atomic E-state index is 0.219.